The van der Waals surface area contributed by atoms with Gasteiger partial charge in [0.05, 0.1) is 18.3 Å². The van der Waals surface area contributed by atoms with E-state index < -0.39 is 11.7 Å². The summed E-state index contributed by atoms with van der Waals surface area (Å²) in [6, 6.07) is 13.1. The molecule has 4 rings (SSSR count). The van der Waals surface area contributed by atoms with E-state index in [1.54, 1.807) is 4.90 Å². The molecule has 2 aliphatic heterocycles. The Morgan fingerprint density at radius 3 is 2.48 bits per heavy atom. The van der Waals surface area contributed by atoms with E-state index in [2.05, 4.69) is 10.3 Å². The van der Waals surface area contributed by atoms with Gasteiger partial charge < -0.3 is 20.7 Å². The third-order valence-electron chi connectivity index (χ3n) is 6.87. The SMILES string of the molecule is CCCN(OCC)C(=O)C1=Cc2ccc(-c3ccc(C(=O)N4CCC(NC(=O)OC(C)(C)C)C4)cc3)cc2N=C(N)C1. The third-order valence-corrected chi connectivity index (χ3v) is 6.87. The molecule has 0 spiro atoms. The molecule has 2 aromatic rings. The summed E-state index contributed by atoms with van der Waals surface area (Å²) in [5, 5.41) is 4.24. The molecule has 0 saturated carbocycles. The van der Waals surface area contributed by atoms with Crippen molar-refractivity contribution in [1.29, 1.82) is 0 Å². The summed E-state index contributed by atoms with van der Waals surface area (Å²) in [5.74, 6) is 0.0595. The Morgan fingerprint density at radius 1 is 1.10 bits per heavy atom. The third kappa shape index (κ3) is 7.76. The number of carbonyl (C=O) groups is 3. The molecule has 10 nitrogen and oxygen atoms in total. The maximum absolute atomic E-state index is 13.1. The van der Waals surface area contributed by atoms with Crippen LogP contribution in [0.15, 0.2) is 53.0 Å². The van der Waals surface area contributed by atoms with Crippen molar-refractivity contribution in [3.63, 3.8) is 0 Å². The Hall–Kier alpha value is -4.18. The monoisotopic (exact) mass is 575 g/mol. The van der Waals surface area contributed by atoms with E-state index in [-0.39, 0.29) is 24.3 Å². The number of amidine groups is 1. The summed E-state index contributed by atoms with van der Waals surface area (Å²) in [5.41, 5.74) is 10.0. The summed E-state index contributed by atoms with van der Waals surface area (Å²) in [7, 11) is 0. The molecule has 10 heteroatoms. The number of rotatable bonds is 8. The first-order valence-electron chi connectivity index (χ1n) is 14.5. The Kier molecular flexibility index (Phi) is 9.67. The van der Waals surface area contributed by atoms with Gasteiger partial charge in [0.25, 0.3) is 11.8 Å². The van der Waals surface area contributed by atoms with Crippen LogP contribution in [-0.4, -0.2) is 71.6 Å². The van der Waals surface area contributed by atoms with Gasteiger partial charge >= 0.3 is 6.09 Å². The van der Waals surface area contributed by atoms with E-state index >= 15 is 0 Å². The molecule has 1 fully saturated rings. The number of nitrogens with zero attached hydrogens (tertiary/aromatic N) is 3. The summed E-state index contributed by atoms with van der Waals surface area (Å²) in [6.07, 6.45) is 3.04. The minimum atomic E-state index is -0.575. The number of hydrogen-bond acceptors (Lipinski definition) is 7. The second-order valence-corrected chi connectivity index (χ2v) is 11.5. The van der Waals surface area contributed by atoms with Gasteiger partial charge in [0.1, 0.15) is 11.4 Å². The van der Waals surface area contributed by atoms with Gasteiger partial charge in [-0.05, 0) is 75.9 Å². The summed E-state index contributed by atoms with van der Waals surface area (Å²) < 4.78 is 5.33. The van der Waals surface area contributed by atoms with E-state index in [9.17, 15) is 14.4 Å². The van der Waals surface area contributed by atoms with Gasteiger partial charge in [-0.25, -0.2) is 14.9 Å². The van der Waals surface area contributed by atoms with E-state index in [0.29, 0.717) is 55.3 Å². The number of likely N-dealkylation sites (tertiary alicyclic amines) is 1. The average molecular weight is 576 g/mol. The molecule has 224 valence electrons. The zero-order valence-corrected chi connectivity index (χ0v) is 25.1. The van der Waals surface area contributed by atoms with E-state index in [1.165, 1.54) is 5.06 Å². The van der Waals surface area contributed by atoms with Gasteiger partial charge in [0.2, 0.25) is 0 Å². The number of benzene rings is 2. The van der Waals surface area contributed by atoms with Crippen LogP contribution in [0.2, 0.25) is 0 Å². The molecule has 2 heterocycles. The summed E-state index contributed by atoms with van der Waals surface area (Å²) in [4.78, 5) is 50.3. The maximum Gasteiger partial charge on any atom is 0.407 e. The Bertz CT molecular complexity index is 1370. The molecule has 0 radical (unpaired) electrons. The first kappa shape index (κ1) is 30.8. The summed E-state index contributed by atoms with van der Waals surface area (Å²) in [6.45, 7) is 11.2. The second kappa shape index (κ2) is 13.2. The molecular formula is C32H41N5O5. The lowest BCUT2D eigenvalue weighted by molar-refractivity contribution is -0.180. The van der Waals surface area contributed by atoms with Crippen molar-refractivity contribution in [3.05, 3.63) is 59.2 Å². The number of ether oxygens (including phenoxy) is 1. The molecule has 0 bridgehead atoms. The minimum Gasteiger partial charge on any atom is -0.444 e. The molecule has 1 unspecified atom stereocenters. The fourth-order valence-electron chi connectivity index (χ4n) is 4.98. The van der Waals surface area contributed by atoms with E-state index in [0.717, 1.165) is 23.1 Å². The largest absolute Gasteiger partial charge is 0.444 e. The molecule has 1 saturated heterocycles. The highest BCUT2D eigenvalue weighted by atomic mass is 16.7. The number of carbonyl (C=O) groups excluding carboxylic acids is 3. The topological polar surface area (TPSA) is 127 Å². The van der Waals surface area contributed by atoms with E-state index in [4.69, 9.17) is 15.3 Å². The maximum atomic E-state index is 13.1. The Morgan fingerprint density at radius 2 is 1.81 bits per heavy atom. The predicted molar refractivity (Wildman–Crippen MR) is 163 cm³/mol. The smallest absolute Gasteiger partial charge is 0.407 e. The van der Waals surface area contributed by atoms with Gasteiger partial charge in [-0.3, -0.25) is 14.4 Å². The van der Waals surface area contributed by atoms with Crippen molar-refractivity contribution in [2.45, 2.75) is 65.5 Å². The Balaban J connectivity index is 1.45. The predicted octanol–water partition coefficient (Wildman–Crippen LogP) is 5.06. The van der Waals surface area contributed by atoms with Gasteiger partial charge in [-0.1, -0.05) is 31.2 Å². The number of alkyl carbamates (subject to hydrolysis) is 1. The number of hydroxylamine groups is 2. The lowest BCUT2D eigenvalue weighted by Gasteiger charge is -2.22. The number of nitrogens with one attached hydrogen (secondary N) is 1. The highest BCUT2D eigenvalue weighted by molar-refractivity contribution is 6.05. The van der Waals surface area contributed by atoms with Crippen molar-refractivity contribution >= 4 is 35.5 Å². The van der Waals surface area contributed by atoms with Crippen LogP contribution in [0.5, 0.6) is 0 Å². The lowest BCUT2D eigenvalue weighted by atomic mass is 10.00. The number of hydrogen-bond donors (Lipinski definition) is 2. The molecule has 2 aromatic carbocycles. The highest BCUT2D eigenvalue weighted by Gasteiger charge is 2.29. The first-order chi connectivity index (χ1) is 20.0. The average Bonchev–Trinajstić information content (AvgIpc) is 3.32. The van der Waals surface area contributed by atoms with Crippen LogP contribution >= 0.6 is 0 Å². The number of fused-ring (bicyclic) bond motifs is 1. The quantitative estimate of drug-likeness (QED) is 0.424. The lowest BCUT2D eigenvalue weighted by Crippen LogP contribution is -2.41. The van der Waals surface area contributed by atoms with Crippen molar-refractivity contribution in [1.82, 2.24) is 15.3 Å². The molecule has 3 amide bonds. The standard InChI is InChI=1S/C32H41N5O5/c1-6-15-37(41-7-2)30(39)25-17-24-13-12-23(18-27(24)35-28(33)19-25)21-8-10-22(11-9-21)29(38)36-16-14-26(20-36)34-31(40)42-32(3,4)5/h8-13,17-18,26H,6-7,14-16,19-20H2,1-5H3,(H2,33,35)(H,34,40). The van der Waals surface area contributed by atoms with Gasteiger partial charge in [0, 0.05) is 42.8 Å². The molecule has 2 aliphatic rings. The first-order valence-corrected chi connectivity index (χ1v) is 14.5. The van der Waals surface area contributed by atoms with Gasteiger partial charge in [-0.2, -0.15) is 0 Å². The van der Waals surface area contributed by atoms with Gasteiger partial charge in [0.15, 0.2) is 0 Å². The molecule has 0 aromatic heterocycles. The van der Waals surface area contributed by atoms with Crippen molar-refractivity contribution in [3.8, 4) is 11.1 Å². The fourth-order valence-corrected chi connectivity index (χ4v) is 4.98. The van der Waals surface area contributed by atoms with Crippen LogP contribution in [0.4, 0.5) is 10.5 Å². The zero-order chi connectivity index (χ0) is 30.4. The summed E-state index contributed by atoms with van der Waals surface area (Å²) >= 11 is 0. The normalized spacial score (nSPS) is 16.6. The minimum absolute atomic E-state index is 0.0826. The second-order valence-electron chi connectivity index (χ2n) is 11.5. The fraction of sp³-hybridized carbons (Fsp3) is 0.438. The molecule has 42 heavy (non-hydrogen) atoms. The molecule has 0 aliphatic carbocycles. The van der Waals surface area contributed by atoms with Crippen LogP contribution < -0.4 is 11.1 Å². The van der Waals surface area contributed by atoms with Crippen molar-refractivity contribution in [2.24, 2.45) is 10.7 Å². The van der Waals surface area contributed by atoms with Crippen molar-refractivity contribution in [2.75, 3.05) is 26.2 Å². The van der Waals surface area contributed by atoms with E-state index in [1.807, 2.05) is 83.2 Å². The number of amides is 3. The van der Waals surface area contributed by atoms with Crippen molar-refractivity contribution < 1.29 is 24.0 Å². The number of aliphatic imine (C=N–C) groups is 1. The Labute approximate surface area is 247 Å². The highest BCUT2D eigenvalue weighted by Crippen LogP contribution is 2.32. The van der Waals surface area contributed by atoms with Crippen LogP contribution in [0.1, 0.15) is 69.8 Å². The van der Waals surface area contributed by atoms with Crippen LogP contribution in [0.25, 0.3) is 17.2 Å². The van der Waals surface area contributed by atoms with Crippen LogP contribution in [0, 0.1) is 0 Å². The number of nitrogens with two attached hydrogens (primary N) is 1. The van der Waals surface area contributed by atoms with Gasteiger partial charge in [-0.15, -0.1) is 0 Å². The van der Waals surface area contributed by atoms with Crippen LogP contribution in [-0.2, 0) is 14.4 Å². The molecule has 1 atom stereocenters. The zero-order valence-electron chi connectivity index (χ0n) is 25.1. The molecular weight excluding hydrogens is 534 g/mol. The van der Waals surface area contributed by atoms with Crippen LogP contribution in [0.3, 0.4) is 0 Å². The molecule has 3 N–H and O–H groups in total.